The minimum Gasteiger partial charge on any atom is -0.454 e. The normalized spacial score (nSPS) is 14.4. The second-order valence-electron chi connectivity index (χ2n) is 6.81. The fourth-order valence-electron chi connectivity index (χ4n) is 2.74. The largest absolute Gasteiger partial charge is 0.454 e. The van der Waals surface area contributed by atoms with Crippen molar-refractivity contribution in [1.82, 2.24) is 4.72 Å². The van der Waals surface area contributed by atoms with Crippen molar-refractivity contribution in [3.63, 3.8) is 0 Å². The van der Waals surface area contributed by atoms with Crippen LogP contribution in [0, 0.1) is 0 Å². The molecule has 2 aromatic carbocycles. The standard InChI is InChI=1S/C19H22N2O7S2/c1-4-12(2)20-29(23,24)14-5-7-15(8-6-14)30(25,26)21-17-10-19-18(27-11-28-19)9-16(17)13(3)22/h5-10,12,20-21H,4,11H2,1-3H3/t12-/m1/s1. The molecule has 1 atom stereocenters. The van der Waals surface area contributed by atoms with E-state index in [0.29, 0.717) is 17.9 Å². The van der Waals surface area contributed by atoms with Gasteiger partial charge in [-0.15, -0.1) is 0 Å². The number of fused-ring (bicyclic) bond motifs is 1. The summed E-state index contributed by atoms with van der Waals surface area (Å²) >= 11 is 0. The number of hydrogen-bond donors (Lipinski definition) is 2. The molecule has 1 heterocycles. The first kappa shape index (κ1) is 22.1. The van der Waals surface area contributed by atoms with Crippen LogP contribution < -0.4 is 18.9 Å². The van der Waals surface area contributed by atoms with E-state index in [0.717, 1.165) is 0 Å². The molecule has 1 aliphatic rings. The van der Waals surface area contributed by atoms with Gasteiger partial charge in [-0.3, -0.25) is 9.52 Å². The van der Waals surface area contributed by atoms with Crippen molar-refractivity contribution in [2.75, 3.05) is 11.5 Å². The van der Waals surface area contributed by atoms with Gasteiger partial charge in [-0.1, -0.05) is 6.92 Å². The molecule has 0 saturated carbocycles. The van der Waals surface area contributed by atoms with Gasteiger partial charge < -0.3 is 9.47 Å². The van der Waals surface area contributed by atoms with Gasteiger partial charge in [0.25, 0.3) is 10.0 Å². The Hall–Kier alpha value is -2.63. The van der Waals surface area contributed by atoms with Crippen LogP contribution in [0.15, 0.2) is 46.2 Å². The molecule has 0 saturated heterocycles. The molecular formula is C19H22N2O7S2. The van der Waals surface area contributed by atoms with E-state index < -0.39 is 20.0 Å². The van der Waals surface area contributed by atoms with Crippen LogP contribution in [0.4, 0.5) is 5.69 Å². The number of carbonyl (C=O) groups excluding carboxylic acids is 1. The lowest BCUT2D eigenvalue weighted by atomic mass is 10.1. The van der Waals surface area contributed by atoms with Crippen molar-refractivity contribution in [3.8, 4) is 11.5 Å². The third-order valence-corrected chi connectivity index (χ3v) is 7.54. The van der Waals surface area contributed by atoms with Gasteiger partial charge in [0.05, 0.1) is 15.5 Å². The number of sulfonamides is 2. The van der Waals surface area contributed by atoms with Crippen LogP contribution in [-0.4, -0.2) is 35.5 Å². The lowest BCUT2D eigenvalue weighted by Gasteiger charge is -2.14. The average Bonchev–Trinajstić information content (AvgIpc) is 3.14. The number of rotatable bonds is 8. The summed E-state index contributed by atoms with van der Waals surface area (Å²) in [5.41, 5.74) is 0.168. The summed E-state index contributed by atoms with van der Waals surface area (Å²) in [7, 11) is -7.85. The zero-order valence-electron chi connectivity index (χ0n) is 16.6. The number of nitrogens with one attached hydrogen (secondary N) is 2. The maximum atomic E-state index is 12.8. The smallest absolute Gasteiger partial charge is 0.261 e. The van der Waals surface area contributed by atoms with Gasteiger partial charge >= 0.3 is 0 Å². The van der Waals surface area contributed by atoms with Crippen molar-refractivity contribution in [3.05, 3.63) is 42.0 Å². The number of Topliss-reactive ketones (excluding diaryl/α,β-unsaturated/α-hetero) is 1. The highest BCUT2D eigenvalue weighted by Gasteiger charge is 2.24. The van der Waals surface area contributed by atoms with E-state index in [1.165, 1.54) is 43.3 Å². The highest BCUT2D eigenvalue weighted by Crippen LogP contribution is 2.38. The molecule has 0 amide bonds. The Morgan fingerprint density at radius 2 is 1.53 bits per heavy atom. The maximum absolute atomic E-state index is 12.8. The summed E-state index contributed by atoms with van der Waals surface area (Å²) in [5, 5.41) is 0. The van der Waals surface area contributed by atoms with Gasteiger partial charge in [0.1, 0.15) is 0 Å². The minimum absolute atomic E-state index is 0.0243. The fourth-order valence-corrected chi connectivity index (χ4v) is 5.13. The van der Waals surface area contributed by atoms with Crippen LogP contribution in [0.3, 0.4) is 0 Å². The predicted molar refractivity (Wildman–Crippen MR) is 110 cm³/mol. The quantitative estimate of drug-likeness (QED) is 0.587. The molecule has 1 aliphatic heterocycles. The maximum Gasteiger partial charge on any atom is 0.261 e. The minimum atomic E-state index is -4.09. The summed E-state index contributed by atoms with van der Waals surface area (Å²) in [6.45, 7) is 4.86. The molecule has 0 bridgehead atoms. The van der Waals surface area contributed by atoms with Crippen molar-refractivity contribution in [2.24, 2.45) is 0 Å². The average molecular weight is 455 g/mol. The van der Waals surface area contributed by atoms with Crippen molar-refractivity contribution >= 4 is 31.5 Å². The third kappa shape index (κ3) is 4.58. The van der Waals surface area contributed by atoms with E-state index in [1.54, 1.807) is 6.92 Å². The lowest BCUT2D eigenvalue weighted by Crippen LogP contribution is -2.32. The molecule has 162 valence electrons. The topological polar surface area (TPSA) is 128 Å². The number of anilines is 1. The lowest BCUT2D eigenvalue weighted by molar-refractivity contribution is 0.101. The van der Waals surface area contributed by atoms with E-state index in [2.05, 4.69) is 9.44 Å². The SMILES string of the molecule is CC[C@@H](C)NS(=O)(=O)c1ccc(S(=O)(=O)Nc2cc3c(cc2C(C)=O)OCO3)cc1. The Kier molecular flexibility index (Phi) is 6.06. The number of ketones is 1. The highest BCUT2D eigenvalue weighted by molar-refractivity contribution is 7.92. The van der Waals surface area contributed by atoms with E-state index in [1.807, 2.05) is 6.92 Å². The summed E-state index contributed by atoms with van der Waals surface area (Å²) in [6, 6.07) is 7.35. The van der Waals surface area contributed by atoms with Crippen molar-refractivity contribution in [2.45, 2.75) is 43.0 Å². The summed E-state index contributed by atoms with van der Waals surface area (Å²) in [5.74, 6) is 0.310. The number of benzene rings is 2. The van der Waals surface area contributed by atoms with E-state index in [4.69, 9.17) is 9.47 Å². The molecule has 30 heavy (non-hydrogen) atoms. The molecular weight excluding hydrogens is 432 g/mol. The molecule has 2 N–H and O–H groups in total. The number of carbonyl (C=O) groups is 1. The Labute approximate surface area is 175 Å². The first-order valence-electron chi connectivity index (χ1n) is 9.13. The van der Waals surface area contributed by atoms with Crippen molar-refractivity contribution < 1.29 is 31.1 Å². The van der Waals surface area contributed by atoms with Gasteiger partial charge in [0.15, 0.2) is 17.3 Å². The van der Waals surface area contributed by atoms with Crippen molar-refractivity contribution in [1.29, 1.82) is 0 Å². The molecule has 2 aromatic rings. The Morgan fingerprint density at radius 1 is 1.00 bits per heavy atom. The van der Waals surface area contributed by atoms with Crippen LogP contribution >= 0.6 is 0 Å². The molecule has 0 aromatic heterocycles. The molecule has 0 fully saturated rings. The monoisotopic (exact) mass is 454 g/mol. The molecule has 0 radical (unpaired) electrons. The Bertz CT molecular complexity index is 1170. The second kappa shape index (κ2) is 8.25. The van der Waals surface area contributed by atoms with E-state index in [-0.39, 0.29) is 39.7 Å². The Morgan fingerprint density at radius 3 is 2.07 bits per heavy atom. The molecule has 0 unspecified atom stereocenters. The van der Waals surface area contributed by atoms with Gasteiger partial charge in [-0.2, -0.15) is 0 Å². The van der Waals surface area contributed by atoms with Crippen LogP contribution in [0.5, 0.6) is 11.5 Å². The van der Waals surface area contributed by atoms with E-state index in [9.17, 15) is 21.6 Å². The van der Waals surface area contributed by atoms with Gasteiger partial charge in [-0.25, -0.2) is 21.6 Å². The summed E-state index contributed by atoms with van der Waals surface area (Å²) < 4.78 is 65.6. The summed E-state index contributed by atoms with van der Waals surface area (Å²) in [6.07, 6.45) is 0.615. The zero-order chi connectivity index (χ0) is 22.1. The molecule has 9 nitrogen and oxygen atoms in total. The first-order valence-corrected chi connectivity index (χ1v) is 12.1. The molecule has 0 spiro atoms. The van der Waals surface area contributed by atoms with Gasteiger partial charge in [0.2, 0.25) is 16.8 Å². The van der Waals surface area contributed by atoms with Gasteiger partial charge in [-0.05, 0) is 50.6 Å². The predicted octanol–water partition coefficient (Wildman–Crippen LogP) is 2.50. The summed E-state index contributed by atoms with van der Waals surface area (Å²) in [4.78, 5) is 11.7. The Balaban J connectivity index is 1.89. The third-order valence-electron chi connectivity index (χ3n) is 4.55. The highest BCUT2D eigenvalue weighted by atomic mass is 32.2. The zero-order valence-corrected chi connectivity index (χ0v) is 18.3. The van der Waals surface area contributed by atoms with Crippen LogP contribution in [0.2, 0.25) is 0 Å². The van der Waals surface area contributed by atoms with E-state index >= 15 is 0 Å². The first-order chi connectivity index (χ1) is 14.0. The number of hydrogen-bond acceptors (Lipinski definition) is 7. The van der Waals surface area contributed by atoms with Crippen LogP contribution in [-0.2, 0) is 20.0 Å². The van der Waals surface area contributed by atoms with Crippen LogP contribution in [0.1, 0.15) is 37.6 Å². The van der Waals surface area contributed by atoms with Crippen LogP contribution in [0.25, 0.3) is 0 Å². The van der Waals surface area contributed by atoms with Gasteiger partial charge in [0, 0.05) is 17.7 Å². The number of ether oxygens (including phenoxy) is 2. The molecule has 0 aliphatic carbocycles. The molecule has 3 rings (SSSR count). The second-order valence-corrected chi connectivity index (χ2v) is 10.2. The fraction of sp³-hybridized carbons (Fsp3) is 0.316. The molecule has 11 heteroatoms.